The lowest BCUT2D eigenvalue weighted by molar-refractivity contribution is -0.118. The SMILES string of the molecule is CCN(CC(N)=O)S(=O)(=O)c1cc(C#N)ccc1C. The maximum atomic E-state index is 12.4. The summed E-state index contributed by atoms with van der Waals surface area (Å²) in [7, 11) is -3.83. The van der Waals surface area contributed by atoms with Crippen LogP contribution in [0.25, 0.3) is 0 Å². The van der Waals surface area contributed by atoms with Gasteiger partial charge in [-0.3, -0.25) is 4.79 Å². The Kier molecular flexibility index (Phi) is 4.64. The van der Waals surface area contributed by atoms with Crippen LogP contribution in [0.5, 0.6) is 0 Å². The van der Waals surface area contributed by atoms with Crippen molar-refractivity contribution in [3.8, 4) is 6.07 Å². The normalized spacial score (nSPS) is 11.3. The van der Waals surface area contributed by atoms with E-state index in [0.717, 1.165) is 4.31 Å². The highest BCUT2D eigenvalue weighted by atomic mass is 32.2. The number of likely N-dealkylation sites (N-methyl/N-ethyl adjacent to an activating group) is 1. The lowest BCUT2D eigenvalue weighted by Gasteiger charge is -2.20. The quantitative estimate of drug-likeness (QED) is 0.841. The molecule has 6 nitrogen and oxygen atoms in total. The number of primary amides is 1. The molecule has 0 aliphatic carbocycles. The summed E-state index contributed by atoms with van der Waals surface area (Å²) in [5.74, 6) is -0.723. The number of nitriles is 1. The smallest absolute Gasteiger partial charge is 0.243 e. The lowest BCUT2D eigenvalue weighted by Crippen LogP contribution is -2.38. The maximum absolute atomic E-state index is 12.4. The van der Waals surface area contributed by atoms with E-state index in [1.54, 1.807) is 26.0 Å². The first kappa shape index (κ1) is 15.1. The van der Waals surface area contributed by atoms with E-state index in [2.05, 4.69) is 0 Å². The van der Waals surface area contributed by atoms with Crippen molar-refractivity contribution in [3.05, 3.63) is 29.3 Å². The number of hydrogen-bond donors (Lipinski definition) is 1. The highest BCUT2D eigenvalue weighted by Crippen LogP contribution is 2.20. The summed E-state index contributed by atoms with van der Waals surface area (Å²) in [5, 5.41) is 8.83. The van der Waals surface area contributed by atoms with Crippen LogP contribution in [0.15, 0.2) is 23.1 Å². The predicted molar refractivity (Wildman–Crippen MR) is 69.5 cm³/mol. The van der Waals surface area contributed by atoms with Gasteiger partial charge in [0.25, 0.3) is 0 Å². The second kappa shape index (κ2) is 5.82. The largest absolute Gasteiger partial charge is 0.369 e. The van der Waals surface area contributed by atoms with Crippen molar-refractivity contribution in [1.29, 1.82) is 5.26 Å². The highest BCUT2D eigenvalue weighted by molar-refractivity contribution is 7.89. The van der Waals surface area contributed by atoms with E-state index >= 15 is 0 Å². The predicted octanol–water partition coefficient (Wildman–Crippen LogP) is 0.363. The van der Waals surface area contributed by atoms with Gasteiger partial charge in [-0.1, -0.05) is 13.0 Å². The molecule has 0 unspecified atom stereocenters. The molecule has 102 valence electrons. The van der Waals surface area contributed by atoms with Gasteiger partial charge in [0, 0.05) is 6.54 Å². The molecule has 0 aliphatic heterocycles. The third kappa shape index (κ3) is 3.30. The average molecular weight is 281 g/mol. The summed E-state index contributed by atoms with van der Waals surface area (Å²) in [5.41, 5.74) is 5.81. The van der Waals surface area contributed by atoms with Crippen molar-refractivity contribution in [1.82, 2.24) is 4.31 Å². The van der Waals surface area contributed by atoms with Crippen LogP contribution in [0.1, 0.15) is 18.1 Å². The molecule has 1 amide bonds. The third-order valence-electron chi connectivity index (χ3n) is 2.62. The second-order valence-electron chi connectivity index (χ2n) is 3.99. The highest BCUT2D eigenvalue weighted by Gasteiger charge is 2.26. The molecule has 1 aromatic carbocycles. The molecule has 0 heterocycles. The molecule has 0 spiro atoms. The first-order valence-electron chi connectivity index (χ1n) is 5.62. The fourth-order valence-electron chi connectivity index (χ4n) is 1.63. The van der Waals surface area contributed by atoms with Gasteiger partial charge in [-0.15, -0.1) is 0 Å². The number of aryl methyl sites for hydroxylation is 1. The van der Waals surface area contributed by atoms with E-state index in [1.165, 1.54) is 6.07 Å². The summed E-state index contributed by atoms with van der Waals surface area (Å²) < 4.78 is 25.8. The van der Waals surface area contributed by atoms with Crippen molar-refractivity contribution in [2.75, 3.05) is 13.1 Å². The van der Waals surface area contributed by atoms with Gasteiger partial charge < -0.3 is 5.73 Å². The lowest BCUT2D eigenvalue weighted by atomic mass is 10.2. The van der Waals surface area contributed by atoms with Crippen molar-refractivity contribution >= 4 is 15.9 Å². The number of benzene rings is 1. The molecule has 7 heteroatoms. The monoisotopic (exact) mass is 281 g/mol. The summed E-state index contributed by atoms with van der Waals surface area (Å²) >= 11 is 0. The van der Waals surface area contributed by atoms with Crippen LogP contribution in [-0.4, -0.2) is 31.7 Å². The number of carbonyl (C=O) groups excluding carboxylic acids is 1. The molecule has 1 aromatic rings. The van der Waals surface area contributed by atoms with Gasteiger partial charge in [0.1, 0.15) is 0 Å². The number of nitrogens with zero attached hydrogens (tertiary/aromatic N) is 2. The van der Waals surface area contributed by atoms with E-state index in [1.807, 2.05) is 6.07 Å². The number of sulfonamides is 1. The van der Waals surface area contributed by atoms with E-state index < -0.39 is 15.9 Å². The Labute approximate surface area is 112 Å². The molecular formula is C12H15N3O3S. The zero-order valence-corrected chi connectivity index (χ0v) is 11.6. The van der Waals surface area contributed by atoms with Crippen LogP contribution in [0.3, 0.4) is 0 Å². The van der Waals surface area contributed by atoms with E-state index in [9.17, 15) is 13.2 Å². The molecule has 0 bridgehead atoms. The average Bonchev–Trinajstić information content (AvgIpc) is 2.35. The third-order valence-corrected chi connectivity index (χ3v) is 4.68. The van der Waals surface area contributed by atoms with Crippen molar-refractivity contribution in [3.63, 3.8) is 0 Å². The summed E-state index contributed by atoms with van der Waals surface area (Å²) in [4.78, 5) is 10.9. The number of carbonyl (C=O) groups is 1. The Balaban J connectivity index is 3.33. The summed E-state index contributed by atoms with van der Waals surface area (Å²) in [6.45, 7) is 2.99. The second-order valence-corrected chi connectivity index (χ2v) is 5.90. The van der Waals surface area contributed by atoms with Gasteiger partial charge in [-0.05, 0) is 24.6 Å². The van der Waals surface area contributed by atoms with Crippen LogP contribution in [-0.2, 0) is 14.8 Å². The Morgan fingerprint density at radius 3 is 2.58 bits per heavy atom. The Morgan fingerprint density at radius 1 is 1.47 bits per heavy atom. The molecule has 0 aliphatic rings. The minimum absolute atomic E-state index is 0.0228. The minimum Gasteiger partial charge on any atom is -0.369 e. The van der Waals surface area contributed by atoms with Crippen molar-refractivity contribution in [2.45, 2.75) is 18.7 Å². The van der Waals surface area contributed by atoms with Crippen LogP contribution in [0.4, 0.5) is 0 Å². The molecule has 19 heavy (non-hydrogen) atoms. The van der Waals surface area contributed by atoms with Crippen LogP contribution < -0.4 is 5.73 Å². The molecule has 0 saturated carbocycles. The molecule has 0 radical (unpaired) electrons. The molecule has 0 saturated heterocycles. The van der Waals surface area contributed by atoms with E-state index in [-0.39, 0.29) is 23.5 Å². The fraction of sp³-hybridized carbons (Fsp3) is 0.333. The first-order chi connectivity index (χ1) is 8.82. The van der Waals surface area contributed by atoms with Gasteiger partial charge in [0.05, 0.1) is 23.1 Å². The minimum atomic E-state index is -3.83. The first-order valence-corrected chi connectivity index (χ1v) is 7.06. The van der Waals surface area contributed by atoms with Gasteiger partial charge in [0.15, 0.2) is 0 Å². The molecular weight excluding hydrogens is 266 g/mol. The van der Waals surface area contributed by atoms with Gasteiger partial charge in [0.2, 0.25) is 15.9 Å². The van der Waals surface area contributed by atoms with Crippen molar-refractivity contribution < 1.29 is 13.2 Å². The van der Waals surface area contributed by atoms with Gasteiger partial charge in [-0.2, -0.15) is 9.57 Å². The Hall–Kier alpha value is -1.91. The standard InChI is InChI=1S/C12H15N3O3S/c1-3-15(8-12(14)16)19(17,18)11-6-10(7-13)5-4-9(11)2/h4-6H,3,8H2,1-2H3,(H2,14,16). The topological polar surface area (TPSA) is 104 Å². The molecule has 0 atom stereocenters. The van der Waals surface area contributed by atoms with Crippen LogP contribution in [0.2, 0.25) is 0 Å². The van der Waals surface area contributed by atoms with Crippen LogP contribution >= 0.6 is 0 Å². The maximum Gasteiger partial charge on any atom is 0.243 e. The Bertz CT molecular complexity index is 632. The number of rotatable bonds is 5. The van der Waals surface area contributed by atoms with Crippen molar-refractivity contribution in [2.24, 2.45) is 5.73 Å². The zero-order chi connectivity index (χ0) is 14.6. The number of hydrogen-bond acceptors (Lipinski definition) is 4. The number of amides is 1. The molecule has 1 rings (SSSR count). The number of nitrogens with two attached hydrogens (primary N) is 1. The van der Waals surface area contributed by atoms with E-state index in [4.69, 9.17) is 11.0 Å². The summed E-state index contributed by atoms with van der Waals surface area (Å²) in [6, 6.07) is 6.29. The fourth-order valence-corrected chi connectivity index (χ4v) is 3.29. The van der Waals surface area contributed by atoms with Gasteiger partial charge in [-0.25, -0.2) is 8.42 Å². The summed E-state index contributed by atoms with van der Waals surface area (Å²) in [6.07, 6.45) is 0. The molecule has 2 N–H and O–H groups in total. The zero-order valence-electron chi connectivity index (χ0n) is 10.8. The van der Waals surface area contributed by atoms with Crippen LogP contribution in [0, 0.1) is 18.3 Å². The molecule has 0 fully saturated rings. The molecule has 0 aromatic heterocycles. The Morgan fingerprint density at radius 2 is 2.11 bits per heavy atom. The van der Waals surface area contributed by atoms with E-state index in [0.29, 0.717) is 5.56 Å². The van der Waals surface area contributed by atoms with Gasteiger partial charge >= 0.3 is 0 Å².